The van der Waals surface area contributed by atoms with Gasteiger partial charge in [0.25, 0.3) is 0 Å². The molecule has 0 aliphatic carbocycles. The molecule has 0 aromatic heterocycles. The van der Waals surface area contributed by atoms with E-state index in [0.29, 0.717) is 6.54 Å². The molecule has 1 unspecified atom stereocenters. The van der Waals surface area contributed by atoms with E-state index in [-0.39, 0.29) is 12.0 Å². The molecular formula is C6H15NO. The number of nitrogens with two attached hydrogens (primary N) is 1. The van der Waals surface area contributed by atoms with Crippen molar-refractivity contribution < 1.29 is 5.11 Å². The van der Waals surface area contributed by atoms with Crippen LogP contribution in [0.5, 0.6) is 0 Å². The van der Waals surface area contributed by atoms with E-state index in [0.717, 1.165) is 6.42 Å². The first kappa shape index (κ1) is 7.92. The zero-order chi connectivity index (χ0) is 6.62. The fourth-order valence-electron chi connectivity index (χ4n) is 0.321. The van der Waals surface area contributed by atoms with Gasteiger partial charge in [-0.1, -0.05) is 13.8 Å². The molecule has 0 fully saturated rings. The molecule has 50 valence electrons. The molecule has 0 aliphatic heterocycles. The highest BCUT2D eigenvalue weighted by Crippen LogP contribution is 2.16. The quantitative estimate of drug-likeness (QED) is 0.560. The monoisotopic (exact) mass is 117 g/mol. The zero-order valence-electron chi connectivity index (χ0n) is 5.65. The molecule has 2 heteroatoms. The fraction of sp³-hybridized carbons (Fsp3) is 1.00. The van der Waals surface area contributed by atoms with Crippen molar-refractivity contribution in [1.82, 2.24) is 0 Å². The van der Waals surface area contributed by atoms with Gasteiger partial charge in [0.15, 0.2) is 0 Å². The van der Waals surface area contributed by atoms with Crippen molar-refractivity contribution in [3.8, 4) is 0 Å². The minimum absolute atomic E-state index is 0.0417. The smallest absolute Gasteiger partial charge is 0.0496 e. The predicted octanol–water partition coefficient (Wildman–Crippen LogP) is 0.354. The summed E-state index contributed by atoms with van der Waals surface area (Å²) in [4.78, 5) is 0. The molecule has 0 aromatic rings. The summed E-state index contributed by atoms with van der Waals surface area (Å²) < 4.78 is 0. The highest BCUT2D eigenvalue weighted by atomic mass is 16.3. The van der Waals surface area contributed by atoms with Crippen molar-refractivity contribution >= 4 is 0 Å². The summed E-state index contributed by atoms with van der Waals surface area (Å²) in [5, 5.41) is 8.71. The van der Waals surface area contributed by atoms with Crippen molar-refractivity contribution in [2.45, 2.75) is 20.3 Å². The minimum Gasteiger partial charge on any atom is -0.396 e. The van der Waals surface area contributed by atoms with Crippen LogP contribution in [-0.4, -0.2) is 18.3 Å². The van der Waals surface area contributed by atoms with Crippen LogP contribution in [0.4, 0.5) is 0 Å². The molecule has 0 heterocycles. The summed E-state index contributed by atoms with van der Waals surface area (Å²) >= 11 is 0. The van der Waals surface area contributed by atoms with Gasteiger partial charge in [-0.3, -0.25) is 0 Å². The van der Waals surface area contributed by atoms with Crippen molar-refractivity contribution in [2.75, 3.05) is 13.2 Å². The molecule has 0 rings (SSSR count). The maximum atomic E-state index is 8.71. The van der Waals surface area contributed by atoms with Crippen LogP contribution in [0.25, 0.3) is 0 Å². The summed E-state index contributed by atoms with van der Waals surface area (Å²) in [5.41, 5.74) is 5.33. The first-order chi connectivity index (χ1) is 3.68. The Hall–Kier alpha value is -0.0800. The van der Waals surface area contributed by atoms with Gasteiger partial charge in [0.05, 0.1) is 0 Å². The van der Waals surface area contributed by atoms with Crippen molar-refractivity contribution in [1.29, 1.82) is 0 Å². The lowest BCUT2D eigenvalue weighted by molar-refractivity contribution is 0.145. The van der Waals surface area contributed by atoms with Gasteiger partial charge in [-0.15, -0.1) is 0 Å². The molecule has 0 aromatic carbocycles. The number of hydrogen-bond donors (Lipinski definition) is 2. The Kier molecular flexibility index (Phi) is 3.02. The summed E-state index contributed by atoms with van der Waals surface area (Å²) in [6, 6.07) is 0. The molecule has 1 atom stereocenters. The van der Waals surface area contributed by atoms with Gasteiger partial charge in [-0.05, 0) is 13.0 Å². The van der Waals surface area contributed by atoms with Crippen molar-refractivity contribution in [3.63, 3.8) is 0 Å². The molecular weight excluding hydrogens is 102 g/mol. The number of aliphatic hydroxyl groups is 1. The second kappa shape index (κ2) is 3.05. The minimum atomic E-state index is -0.0417. The lowest BCUT2D eigenvalue weighted by Gasteiger charge is -2.22. The molecule has 0 amide bonds. The van der Waals surface area contributed by atoms with Gasteiger partial charge in [-0.2, -0.15) is 0 Å². The molecule has 0 aliphatic rings. The standard InChI is InChI=1S/C6H15NO/c1-3-6(2,4-7)5-8/h8H,3-5,7H2,1-2H3. The van der Waals surface area contributed by atoms with Crippen LogP contribution >= 0.6 is 0 Å². The van der Waals surface area contributed by atoms with E-state index in [4.69, 9.17) is 10.8 Å². The van der Waals surface area contributed by atoms with Gasteiger partial charge in [0.1, 0.15) is 0 Å². The van der Waals surface area contributed by atoms with Crippen LogP contribution in [0.15, 0.2) is 0 Å². The van der Waals surface area contributed by atoms with Crippen molar-refractivity contribution in [3.05, 3.63) is 0 Å². The third-order valence-corrected chi connectivity index (χ3v) is 1.73. The maximum absolute atomic E-state index is 8.71. The van der Waals surface area contributed by atoms with Crippen LogP contribution in [0.2, 0.25) is 0 Å². The molecule has 3 N–H and O–H groups in total. The van der Waals surface area contributed by atoms with Gasteiger partial charge < -0.3 is 10.8 Å². The Morgan fingerprint density at radius 2 is 2.12 bits per heavy atom. The third kappa shape index (κ3) is 1.80. The largest absolute Gasteiger partial charge is 0.396 e. The molecule has 0 saturated heterocycles. The number of aliphatic hydroxyl groups excluding tert-OH is 1. The molecule has 2 nitrogen and oxygen atoms in total. The number of rotatable bonds is 3. The second-order valence-corrected chi connectivity index (χ2v) is 2.53. The Morgan fingerprint density at radius 1 is 1.62 bits per heavy atom. The number of hydrogen-bond acceptors (Lipinski definition) is 2. The summed E-state index contributed by atoms with van der Waals surface area (Å²) in [6.07, 6.45) is 0.944. The zero-order valence-corrected chi connectivity index (χ0v) is 5.65. The second-order valence-electron chi connectivity index (χ2n) is 2.53. The highest BCUT2D eigenvalue weighted by molar-refractivity contribution is 4.71. The van der Waals surface area contributed by atoms with Crippen LogP contribution in [0.1, 0.15) is 20.3 Å². The van der Waals surface area contributed by atoms with Crippen LogP contribution in [0, 0.1) is 5.41 Å². The lowest BCUT2D eigenvalue weighted by Crippen LogP contribution is -2.29. The van der Waals surface area contributed by atoms with Gasteiger partial charge in [0, 0.05) is 12.0 Å². The van der Waals surface area contributed by atoms with E-state index in [2.05, 4.69) is 0 Å². The Balaban J connectivity index is 3.58. The predicted molar refractivity (Wildman–Crippen MR) is 34.5 cm³/mol. The Morgan fingerprint density at radius 3 is 2.12 bits per heavy atom. The normalized spacial score (nSPS) is 18.0. The van der Waals surface area contributed by atoms with E-state index in [9.17, 15) is 0 Å². The van der Waals surface area contributed by atoms with E-state index in [1.165, 1.54) is 0 Å². The van der Waals surface area contributed by atoms with Gasteiger partial charge in [0.2, 0.25) is 0 Å². The Labute approximate surface area is 50.7 Å². The van der Waals surface area contributed by atoms with Gasteiger partial charge >= 0.3 is 0 Å². The van der Waals surface area contributed by atoms with E-state index >= 15 is 0 Å². The maximum Gasteiger partial charge on any atom is 0.0496 e. The average molecular weight is 117 g/mol. The summed E-state index contributed by atoms with van der Waals surface area (Å²) in [5.74, 6) is 0. The van der Waals surface area contributed by atoms with Crippen molar-refractivity contribution in [2.24, 2.45) is 11.1 Å². The molecule has 0 spiro atoms. The van der Waals surface area contributed by atoms with Crippen LogP contribution in [0.3, 0.4) is 0 Å². The molecule has 8 heavy (non-hydrogen) atoms. The first-order valence-electron chi connectivity index (χ1n) is 2.99. The fourth-order valence-corrected chi connectivity index (χ4v) is 0.321. The average Bonchev–Trinajstić information content (AvgIpc) is 1.87. The lowest BCUT2D eigenvalue weighted by atomic mass is 9.89. The van der Waals surface area contributed by atoms with E-state index in [1.54, 1.807) is 0 Å². The molecule has 0 radical (unpaired) electrons. The summed E-state index contributed by atoms with van der Waals surface area (Å²) in [6.45, 7) is 4.77. The topological polar surface area (TPSA) is 46.2 Å². The van der Waals surface area contributed by atoms with Crippen LogP contribution < -0.4 is 5.73 Å². The highest BCUT2D eigenvalue weighted by Gasteiger charge is 2.17. The van der Waals surface area contributed by atoms with E-state index in [1.807, 2.05) is 13.8 Å². The molecule has 0 saturated carbocycles. The first-order valence-corrected chi connectivity index (χ1v) is 2.99. The molecule has 0 bridgehead atoms. The SMILES string of the molecule is CCC(C)(CN)CO. The van der Waals surface area contributed by atoms with Crippen LogP contribution in [-0.2, 0) is 0 Å². The van der Waals surface area contributed by atoms with E-state index < -0.39 is 0 Å². The third-order valence-electron chi connectivity index (χ3n) is 1.73. The Bertz CT molecular complexity index is 51.3. The summed E-state index contributed by atoms with van der Waals surface area (Å²) in [7, 11) is 0. The van der Waals surface area contributed by atoms with Gasteiger partial charge in [-0.25, -0.2) is 0 Å².